The van der Waals surface area contributed by atoms with Gasteiger partial charge in [0.15, 0.2) is 4.21 Å². The minimum absolute atomic E-state index is 0. The van der Waals surface area contributed by atoms with E-state index >= 15 is 0 Å². The largest absolute Gasteiger partial charge is 0.330 e. The van der Waals surface area contributed by atoms with E-state index in [1.807, 2.05) is 6.92 Å². The zero-order valence-corrected chi connectivity index (χ0v) is 13.4. The lowest BCUT2D eigenvalue weighted by Crippen LogP contribution is -2.44. The standard InChI is InChI=1S/C11H19N3O2S2.ClH/c1-9-13-8-11(17-9)18(15,16)14-7-3-2-4-10(14)5-6-12;/h8,10H,2-7,12H2,1H3;1H. The number of halogens is 1. The quantitative estimate of drug-likeness (QED) is 0.915. The van der Waals surface area contributed by atoms with Crippen LogP contribution in [0.1, 0.15) is 30.7 Å². The van der Waals surface area contributed by atoms with Crippen molar-refractivity contribution in [3.8, 4) is 0 Å². The van der Waals surface area contributed by atoms with Crippen molar-refractivity contribution in [2.75, 3.05) is 13.1 Å². The van der Waals surface area contributed by atoms with Crippen LogP contribution in [-0.2, 0) is 10.0 Å². The first-order valence-corrected chi connectivity index (χ1v) is 8.45. The van der Waals surface area contributed by atoms with Crippen molar-refractivity contribution in [2.24, 2.45) is 5.73 Å². The molecular formula is C11H20ClN3O2S2. The third kappa shape index (κ3) is 3.66. The fourth-order valence-corrected chi connectivity index (χ4v) is 5.31. The summed E-state index contributed by atoms with van der Waals surface area (Å²) in [4.78, 5) is 4.04. The molecule has 2 rings (SSSR count). The van der Waals surface area contributed by atoms with Crippen molar-refractivity contribution in [3.63, 3.8) is 0 Å². The number of piperidine rings is 1. The molecule has 5 nitrogen and oxygen atoms in total. The van der Waals surface area contributed by atoms with Crippen molar-refractivity contribution < 1.29 is 8.42 Å². The Balaban J connectivity index is 0.00000180. The van der Waals surface area contributed by atoms with Gasteiger partial charge in [-0.05, 0) is 32.7 Å². The average Bonchev–Trinajstić information content (AvgIpc) is 2.78. The van der Waals surface area contributed by atoms with Gasteiger partial charge >= 0.3 is 0 Å². The molecule has 1 aromatic heterocycles. The smallest absolute Gasteiger partial charge is 0.254 e. The third-order valence-electron chi connectivity index (χ3n) is 3.24. The van der Waals surface area contributed by atoms with Crippen molar-refractivity contribution in [2.45, 2.75) is 42.9 Å². The van der Waals surface area contributed by atoms with Gasteiger partial charge in [0.05, 0.1) is 11.2 Å². The van der Waals surface area contributed by atoms with Crippen LogP contribution in [0.15, 0.2) is 10.4 Å². The first-order valence-electron chi connectivity index (χ1n) is 6.20. The van der Waals surface area contributed by atoms with E-state index in [9.17, 15) is 8.42 Å². The second-order valence-electron chi connectivity index (χ2n) is 4.54. The van der Waals surface area contributed by atoms with Crippen molar-refractivity contribution in [1.29, 1.82) is 0 Å². The molecule has 0 bridgehead atoms. The van der Waals surface area contributed by atoms with E-state index in [0.717, 1.165) is 30.7 Å². The second-order valence-corrected chi connectivity index (χ2v) is 7.89. The first-order chi connectivity index (χ1) is 8.55. The van der Waals surface area contributed by atoms with Crippen LogP contribution in [-0.4, -0.2) is 36.8 Å². The van der Waals surface area contributed by atoms with Gasteiger partial charge in [-0.1, -0.05) is 6.42 Å². The third-order valence-corrected chi connectivity index (χ3v) is 6.54. The molecule has 0 aliphatic carbocycles. The summed E-state index contributed by atoms with van der Waals surface area (Å²) < 4.78 is 27.1. The lowest BCUT2D eigenvalue weighted by atomic mass is 10.0. The first kappa shape index (κ1) is 16.8. The van der Waals surface area contributed by atoms with Crippen LogP contribution in [0, 0.1) is 6.92 Å². The summed E-state index contributed by atoms with van der Waals surface area (Å²) >= 11 is 1.24. The summed E-state index contributed by atoms with van der Waals surface area (Å²) in [6, 6.07) is 0.0520. The van der Waals surface area contributed by atoms with Gasteiger partial charge in [0.1, 0.15) is 0 Å². The highest BCUT2D eigenvalue weighted by atomic mass is 35.5. The van der Waals surface area contributed by atoms with Crippen LogP contribution in [0.5, 0.6) is 0 Å². The molecule has 0 spiro atoms. The van der Waals surface area contributed by atoms with Crippen LogP contribution >= 0.6 is 23.7 Å². The van der Waals surface area contributed by atoms with Gasteiger partial charge < -0.3 is 5.73 Å². The highest BCUT2D eigenvalue weighted by Gasteiger charge is 2.34. The highest BCUT2D eigenvalue weighted by Crippen LogP contribution is 2.29. The van der Waals surface area contributed by atoms with Crippen LogP contribution in [0.25, 0.3) is 0 Å². The number of nitrogens with zero attached hydrogens (tertiary/aromatic N) is 2. The predicted molar refractivity (Wildman–Crippen MR) is 79.3 cm³/mol. The molecule has 8 heteroatoms. The molecule has 1 aromatic rings. The maximum absolute atomic E-state index is 12.5. The molecule has 1 saturated heterocycles. The second kappa shape index (κ2) is 6.99. The van der Waals surface area contributed by atoms with E-state index < -0.39 is 10.0 Å². The predicted octanol–water partition coefficient (Wildman–Crippen LogP) is 1.77. The van der Waals surface area contributed by atoms with Gasteiger partial charge in [-0.15, -0.1) is 23.7 Å². The Labute approximate surface area is 124 Å². The Kier molecular flexibility index (Phi) is 6.19. The number of rotatable bonds is 4. The summed E-state index contributed by atoms with van der Waals surface area (Å²) in [5, 5.41) is 0.779. The zero-order chi connectivity index (χ0) is 13.2. The van der Waals surface area contributed by atoms with Crippen molar-refractivity contribution in [3.05, 3.63) is 11.2 Å². The molecule has 0 aromatic carbocycles. The van der Waals surface area contributed by atoms with E-state index in [-0.39, 0.29) is 18.4 Å². The molecule has 1 aliphatic heterocycles. The minimum atomic E-state index is -3.38. The number of aryl methyl sites for hydroxylation is 1. The van der Waals surface area contributed by atoms with Gasteiger partial charge in [-0.2, -0.15) is 4.31 Å². The Morgan fingerprint density at radius 2 is 2.26 bits per heavy atom. The number of hydrogen-bond acceptors (Lipinski definition) is 5. The van der Waals surface area contributed by atoms with Gasteiger partial charge in [0, 0.05) is 12.6 Å². The molecule has 0 radical (unpaired) electrons. The molecule has 0 saturated carbocycles. The Morgan fingerprint density at radius 3 is 2.84 bits per heavy atom. The number of hydrogen-bond donors (Lipinski definition) is 1. The number of nitrogens with two attached hydrogens (primary N) is 1. The maximum atomic E-state index is 12.5. The van der Waals surface area contributed by atoms with E-state index in [1.165, 1.54) is 17.5 Å². The molecular weight excluding hydrogens is 306 g/mol. The molecule has 1 unspecified atom stereocenters. The maximum Gasteiger partial charge on any atom is 0.254 e. The zero-order valence-electron chi connectivity index (χ0n) is 10.9. The fourth-order valence-electron chi connectivity index (χ4n) is 2.35. The number of sulfonamides is 1. The topological polar surface area (TPSA) is 76.3 Å². The fraction of sp³-hybridized carbons (Fsp3) is 0.727. The van der Waals surface area contributed by atoms with E-state index in [2.05, 4.69) is 4.98 Å². The van der Waals surface area contributed by atoms with Crippen LogP contribution < -0.4 is 5.73 Å². The van der Waals surface area contributed by atoms with E-state index in [4.69, 9.17) is 5.73 Å². The Bertz CT molecular complexity index is 502. The number of aromatic nitrogens is 1. The van der Waals surface area contributed by atoms with Crippen LogP contribution in [0.2, 0.25) is 0 Å². The van der Waals surface area contributed by atoms with Crippen molar-refractivity contribution >= 4 is 33.8 Å². The highest BCUT2D eigenvalue weighted by molar-refractivity contribution is 7.91. The Hall–Kier alpha value is -0.210. The summed E-state index contributed by atoms with van der Waals surface area (Å²) in [5.74, 6) is 0. The molecule has 1 aliphatic rings. The summed E-state index contributed by atoms with van der Waals surface area (Å²) in [5.41, 5.74) is 5.58. The van der Waals surface area contributed by atoms with Crippen LogP contribution in [0.4, 0.5) is 0 Å². The van der Waals surface area contributed by atoms with Gasteiger partial charge in [-0.3, -0.25) is 0 Å². The van der Waals surface area contributed by atoms with Gasteiger partial charge in [-0.25, -0.2) is 13.4 Å². The summed E-state index contributed by atoms with van der Waals surface area (Å²) in [6.45, 7) is 2.94. The monoisotopic (exact) mass is 325 g/mol. The normalized spacial score (nSPS) is 21.1. The van der Waals surface area contributed by atoms with E-state index in [1.54, 1.807) is 4.31 Å². The summed E-state index contributed by atoms with van der Waals surface area (Å²) in [6.07, 6.45) is 5.12. The van der Waals surface area contributed by atoms with E-state index in [0.29, 0.717) is 17.3 Å². The lowest BCUT2D eigenvalue weighted by Gasteiger charge is -2.34. The van der Waals surface area contributed by atoms with Gasteiger partial charge in [0.2, 0.25) is 0 Å². The molecule has 19 heavy (non-hydrogen) atoms. The molecule has 2 heterocycles. The molecule has 1 atom stereocenters. The SMILES string of the molecule is Cc1ncc(S(=O)(=O)N2CCCCC2CCN)s1.Cl. The molecule has 2 N–H and O–H groups in total. The summed E-state index contributed by atoms with van der Waals surface area (Å²) in [7, 11) is -3.38. The lowest BCUT2D eigenvalue weighted by molar-refractivity contribution is 0.243. The Morgan fingerprint density at radius 1 is 1.53 bits per heavy atom. The minimum Gasteiger partial charge on any atom is -0.330 e. The van der Waals surface area contributed by atoms with Gasteiger partial charge in [0.25, 0.3) is 10.0 Å². The molecule has 110 valence electrons. The molecule has 0 amide bonds. The average molecular weight is 326 g/mol. The van der Waals surface area contributed by atoms with Crippen molar-refractivity contribution in [1.82, 2.24) is 9.29 Å². The molecule has 1 fully saturated rings. The number of thiazole rings is 1. The van der Waals surface area contributed by atoms with Crippen LogP contribution in [0.3, 0.4) is 0 Å².